The Kier molecular flexibility index (Phi) is 6.11. The number of carbonyl (C=O) groups is 1. The summed E-state index contributed by atoms with van der Waals surface area (Å²) in [6.07, 6.45) is 1.24. The summed E-state index contributed by atoms with van der Waals surface area (Å²) in [6, 6.07) is 10.3. The van der Waals surface area contributed by atoms with E-state index in [0.29, 0.717) is 41.7 Å². The van der Waals surface area contributed by atoms with Crippen LogP contribution in [0.3, 0.4) is 0 Å². The van der Waals surface area contributed by atoms with E-state index in [0.717, 1.165) is 11.1 Å². The topological polar surface area (TPSA) is 66.5 Å². The lowest BCUT2D eigenvalue weighted by Gasteiger charge is -2.28. The molecule has 144 valence electrons. The number of fused-ring (bicyclic) bond motifs is 1. The fourth-order valence-electron chi connectivity index (χ4n) is 3.10. The average molecular weight is 427 g/mol. The molecule has 5 nitrogen and oxygen atoms in total. The van der Waals surface area contributed by atoms with Crippen molar-refractivity contribution in [3.63, 3.8) is 0 Å². The number of rotatable bonds is 5. The maximum Gasteiger partial charge on any atom is 0.257 e. The molecular formula is C19H20Cl2N2O3S. The molecule has 1 heterocycles. The van der Waals surface area contributed by atoms with Crippen molar-refractivity contribution in [2.75, 3.05) is 17.6 Å². The molecule has 0 unspecified atom stereocenters. The Hall–Kier alpha value is -1.60. The van der Waals surface area contributed by atoms with E-state index in [9.17, 15) is 13.2 Å². The van der Waals surface area contributed by atoms with E-state index in [2.05, 4.69) is 5.32 Å². The maximum absolute atomic E-state index is 12.5. The minimum atomic E-state index is -3.25. The van der Waals surface area contributed by atoms with Crippen LogP contribution in [0, 0.1) is 0 Å². The second-order valence-electron chi connectivity index (χ2n) is 6.46. The standard InChI is InChI=1S/C19H20Cl2N2O3S/c1-2-9-27(25,26)23-8-7-13-3-5-16(10-14(13)12-23)22-19(24)17-11-15(20)4-6-18(17)21/h3-6,10-11H,2,7-9,12H2,1H3,(H,22,24). The van der Waals surface area contributed by atoms with Crippen LogP contribution in [0.5, 0.6) is 0 Å². The summed E-state index contributed by atoms with van der Waals surface area (Å²) in [7, 11) is -3.25. The summed E-state index contributed by atoms with van der Waals surface area (Å²) in [4.78, 5) is 12.5. The van der Waals surface area contributed by atoms with E-state index in [4.69, 9.17) is 23.2 Å². The summed E-state index contributed by atoms with van der Waals surface area (Å²) >= 11 is 12.0. The number of nitrogens with zero attached hydrogens (tertiary/aromatic N) is 1. The monoisotopic (exact) mass is 426 g/mol. The van der Waals surface area contributed by atoms with Crippen molar-refractivity contribution >= 4 is 44.8 Å². The van der Waals surface area contributed by atoms with Crippen molar-refractivity contribution in [3.05, 3.63) is 63.1 Å². The van der Waals surface area contributed by atoms with E-state index >= 15 is 0 Å². The van der Waals surface area contributed by atoms with Crippen LogP contribution in [0.4, 0.5) is 5.69 Å². The van der Waals surface area contributed by atoms with Gasteiger partial charge in [0.15, 0.2) is 0 Å². The van der Waals surface area contributed by atoms with Gasteiger partial charge in [-0.3, -0.25) is 4.79 Å². The normalized spacial score (nSPS) is 14.6. The van der Waals surface area contributed by atoms with Gasteiger partial charge in [0.05, 0.1) is 16.3 Å². The maximum atomic E-state index is 12.5. The third kappa shape index (κ3) is 4.63. The Balaban J connectivity index is 1.80. The second-order valence-corrected chi connectivity index (χ2v) is 9.39. The van der Waals surface area contributed by atoms with Crippen LogP contribution in [0.15, 0.2) is 36.4 Å². The summed E-state index contributed by atoms with van der Waals surface area (Å²) in [5.74, 6) is -0.222. The highest BCUT2D eigenvalue weighted by molar-refractivity contribution is 7.89. The first-order valence-electron chi connectivity index (χ1n) is 8.66. The van der Waals surface area contributed by atoms with Crippen LogP contribution in [0.1, 0.15) is 34.8 Å². The molecule has 0 saturated carbocycles. The quantitative estimate of drug-likeness (QED) is 0.772. The van der Waals surface area contributed by atoms with Gasteiger partial charge >= 0.3 is 0 Å². The van der Waals surface area contributed by atoms with Gasteiger partial charge < -0.3 is 5.32 Å². The molecule has 0 spiro atoms. The van der Waals surface area contributed by atoms with Crippen molar-refractivity contribution in [1.29, 1.82) is 0 Å². The molecule has 8 heteroatoms. The van der Waals surface area contributed by atoms with Crippen LogP contribution in [0.2, 0.25) is 10.0 Å². The lowest BCUT2D eigenvalue weighted by molar-refractivity contribution is 0.102. The molecule has 0 aromatic heterocycles. The smallest absolute Gasteiger partial charge is 0.257 e. The van der Waals surface area contributed by atoms with Gasteiger partial charge in [0.25, 0.3) is 5.91 Å². The van der Waals surface area contributed by atoms with Crippen LogP contribution < -0.4 is 5.32 Å². The minimum Gasteiger partial charge on any atom is -0.322 e. The molecule has 0 atom stereocenters. The summed E-state index contributed by atoms with van der Waals surface area (Å²) in [5, 5.41) is 3.54. The molecule has 1 amide bonds. The predicted molar refractivity (Wildman–Crippen MR) is 109 cm³/mol. The van der Waals surface area contributed by atoms with Gasteiger partial charge in [-0.15, -0.1) is 0 Å². The van der Waals surface area contributed by atoms with E-state index < -0.39 is 10.0 Å². The zero-order valence-corrected chi connectivity index (χ0v) is 17.2. The number of hydrogen-bond acceptors (Lipinski definition) is 3. The van der Waals surface area contributed by atoms with Gasteiger partial charge in [-0.05, 0) is 54.3 Å². The molecule has 0 fully saturated rings. The lowest BCUT2D eigenvalue weighted by Crippen LogP contribution is -2.37. The molecule has 0 bridgehead atoms. The van der Waals surface area contributed by atoms with Gasteiger partial charge in [-0.25, -0.2) is 8.42 Å². The van der Waals surface area contributed by atoms with E-state index in [1.165, 1.54) is 10.4 Å². The summed E-state index contributed by atoms with van der Waals surface area (Å²) < 4.78 is 26.2. The third-order valence-electron chi connectivity index (χ3n) is 4.47. The number of hydrogen-bond donors (Lipinski definition) is 1. The highest BCUT2D eigenvalue weighted by Crippen LogP contribution is 2.26. The minimum absolute atomic E-state index is 0.145. The number of sulfonamides is 1. The highest BCUT2D eigenvalue weighted by atomic mass is 35.5. The van der Waals surface area contributed by atoms with Crippen LogP contribution in [0.25, 0.3) is 0 Å². The Morgan fingerprint density at radius 2 is 1.93 bits per heavy atom. The van der Waals surface area contributed by atoms with Crippen molar-refractivity contribution in [2.45, 2.75) is 26.3 Å². The summed E-state index contributed by atoms with van der Waals surface area (Å²) in [5.41, 5.74) is 2.87. The molecule has 0 saturated heterocycles. The molecule has 27 heavy (non-hydrogen) atoms. The van der Waals surface area contributed by atoms with Crippen LogP contribution >= 0.6 is 23.2 Å². The van der Waals surface area contributed by atoms with Crippen molar-refractivity contribution in [1.82, 2.24) is 4.31 Å². The molecule has 1 aliphatic heterocycles. The summed E-state index contributed by atoms with van der Waals surface area (Å²) in [6.45, 7) is 2.66. The molecular weight excluding hydrogens is 407 g/mol. The highest BCUT2D eigenvalue weighted by Gasteiger charge is 2.26. The number of benzene rings is 2. The molecule has 1 N–H and O–H groups in total. The molecule has 2 aromatic carbocycles. The van der Waals surface area contributed by atoms with Gasteiger partial charge in [-0.1, -0.05) is 36.2 Å². The van der Waals surface area contributed by atoms with E-state index in [1.54, 1.807) is 12.1 Å². The number of halogens is 2. The molecule has 0 radical (unpaired) electrons. The zero-order valence-electron chi connectivity index (χ0n) is 14.8. The lowest BCUT2D eigenvalue weighted by atomic mass is 10.0. The molecule has 2 aromatic rings. The van der Waals surface area contributed by atoms with Gasteiger partial charge in [0.2, 0.25) is 10.0 Å². The van der Waals surface area contributed by atoms with Gasteiger partial charge in [-0.2, -0.15) is 4.31 Å². The third-order valence-corrected chi connectivity index (χ3v) is 7.06. The molecule has 0 aliphatic carbocycles. The van der Waals surface area contributed by atoms with E-state index in [1.807, 2.05) is 25.1 Å². The first-order valence-corrected chi connectivity index (χ1v) is 11.0. The Morgan fingerprint density at radius 3 is 2.67 bits per heavy atom. The predicted octanol–water partition coefficient (Wildman–Crippen LogP) is 4.34. The average Bonchev–Trinajstić information content (AvgIpc) is 2.63. The largest absolute Gasteiger partial charge is 0.322 e. The van der Waals surface area contributed by atoms with Crippen molar-refractivity contribution in [2.24, 2.45) is 0 Å². The number of amides is 1. The number of carbonyl (C=O) groups excluding carboxylic acids is 1. The SMILES string of the molecule is CCCS(=O)(=O)N1CCc2ccc(NC(=O)c3cc(Cl)ccc3Cl)cc2C1. The Labute approximate surface area is 169 Å². The van der Waals surface area contributed by atoms with Crippen LogP contribution in [-0.2, 0) is 23.0 Å². The molecule has 1 aliphatic rings. The zero-order chi connectivity index (χ0) is 19.6. The van der Waals surface area contributed by atoms with E-state index in [-0.39, 0.29) is 17.2 Å². The van der Waals surface area contributed by atoms with Crippen LogP contribution in [-0.4, -0.2) is 30.9 Å². The Morgan fingerprint density at radius 1 is 1.15 bits per heavy atom. The second kappa shape index (κ2) is 8.19. The molecule has 3 rings (SSSR count). The number of anilines is 1. The Bertz CT molecular complexity index is 977. The first kappa shape index (κ1) is 20.1. The van der Waals surface area contributed by atoms with Gasteiger partial charge in [0, 0.05) is 23.8 Å². The van der Waals surface area contributed by atoms with Crippen molar-refractivity contribution in [3.8, 4) is 0 Å². The van der Waals surface area contributed by atoms with Crippen molar-refractivity contribution < 1.29 is 13.2 Å². The fourth-order valence-corrected chi connectivity index (χ4v) is 4.96. The first-order chi connectivity index (χ1) is 12.8. The fraction of sp³-hybridized carbons (Fsp3) is 0.316. The number of nitrogens with one attached hydrogen (secondary N) is 1. The van der Waals surface area contributed by atoms with Gasteiger partial charge in [0.1, 0.15) is 0 Å².